The molecule has 1 aliphatic heterocycles. The molecular formula is C16H24N2O3. The maximum absolute atomic E-state index is 12.6. The Morgan fingerprint density at radius 3 is 2.67 bits per heavy atom. The second-order valence-corrected chi connectivity index (χ2v) is 5.64. The lowest BCUT2D eigenvalue weighted by Crippen LogP contribution is -2.42. The van der Waals surface area contributed by atoms with Crippen LogP contribution in [0.4, 0.5) is 5.69 Å². The molecule has 2 unspecified atom stereocenters. The fraction of sp³-hybridized carbons (Fsp3) is 0.562. The van der Waals surface area contributed by atoms with Crippen LogP contribution in [0.1, 0.15) is 29.8 Å². The fourth-order valence-electron chi connectivity index (χ4n) is 2.87. The van der Waals surface area contributed by atoms with Gasteiger partial charge in [-0.05, 0) is 44.0 Å². The van der Waals surface area contributed by atoms with Gasteiger partial charge in [0.1, 0.15) is 0 Å². The highest BCUT2D eigenvalue weighted by atomic mass is 16.3. The maximum Gasteiger partial charge on any atom is 0.179 e. The number of fused-ring (bicyclic) bond motifs is 1. The first-order chi connectivity index (χ1) is 10.1. The maximum atomic E-state index is 12.6. The SMILES string of the molecule is CC1Cc2cc(C(=O)C(C)N(CCO)CCO)ccc2N1. The molecule has 0 bridgehead atoms. The normalized spacial score (nSPS) is 18.4. The molecule has 5 heteroatoms. The number of hydrogen-bond donors (Lipinski definition) is 3. The van der Waals surface area contributed by atoms with Crippen molar-refractivity contribution in [1.82, 2.24) is 4.90 Å². The van der Waals surface area contributed by atoms with Crippen LogP contribution in [-0.2, 0) is 6.42 Å². The number of benzene rings is 1. The topological polar surface area (TPSA) is 72.8 Å². The molecule has 0 amide bonds. The lowest BCUT2D eigenvalue weighted by atomic mass is 10.00. The number of rotatable bonds is 7. The zero-order chi connectivity index (χ0) is 15.4. The molecule has 0 saturated heterocycles. The van der Waals surface area contributed by atoms with Gasteiger partial charge in [-0.3, -0.25) is 9.69 Å². The Labute approximate surface area is 125 Å². The number of nitrogens with zero attached hydrogens (tertiary/aromatic N) is 1. The number of aliphatic hydroxyl groups excluding tert-OH is 2. The summed E-state index contributed by atoms with van der Waals surface area (Å²) in [7, 11) is 0. The van der Waals surface area contributed by atoms with E-state index in [9.17, 15) is 4.79 Å². The Morgan fingerprint density at radius 1 is 1.38 bits per heavy atom. The van der Waals surface area contributed by atoms with Gasteiger partial charge in [0.2, 0.25) is 0 Å². The van der Waals surface area contributed by atoms with E-state index >= 15 is 0 Å². The van der Waals surface area contributed by atoms with Crippen LogP contribution in [-0.4, -0.2) is 59.3 Å². The minimum absolute atomic E-state index is 0.0246. The second-order valence-electron chi connectivity index (χ2n) is 5.64. The number of nitrogens with one attached hydrogen (secondary N) is 1. The summed E-state index contributed by atoms with van der Waals surface area (Å²) < 4.78 is 0. The Hall–Kier alpha value is -1.43. The van der Waals surface area contributed by atoms with E-state index in [4.69, 9.17) is 10.2 Å². The van der Waals surface area contributed by atoms with Crippen molar-refractivity contribution in [3.8, 4) is 0 Å². The molecular weight excluding hydrogens is 268 g/mol. The van der Waals surface area contributed by atoms with Crippen molar-refractivity contribution in [1.29, 1.82) is 0 Å². The number of Topliss-reactive ketones (excluding diaryl/α,β-unsaturated/α-hetero) is 1. The minimum Gasteiger partial charge on any atom is -0.395 e. The van der Waals surface area contributed by atoms with E-state index in [1.54, 1.807) is 4.90 Å². The third-order valence-corrected chi connectivity index (χ3v) is 4.02. The molecule has 5 nitrogen and oxygen atoms in total. The van der Waals surface area contributed by atoms with Gasteiger partial charge in [0, 0.05) is 30.4 Å². The highest BCUT2D eigenvalue weighted by molar-refractivity contribution is 6.00. The first kappa shape index (κ1) is 15.9. The molecule has 1 aromatic rings. The lowest BCUT2D eigenvalue weighted by Gasteiger charge is -2.26. The van der Waals surface area contributed by atoms with Crippen molar-refractivity contribution in [2.45, 2.75) is 32.4 Å². The smallest absolute Gasteiger partial charge is 0.179 e. The highest BCUT2D eigenvalue weighted by Gasteiger charge is 2.24. The molecule has 0 aliphatic carbocycles. The Kier molecular flexibility index (Phi) is 5.33. The van der Waals surface area contributed by atoms with E-state index in [1.807, 2.05) is 25.1 Å². The molecule has 3 N–H and O–H groups in total. The number of aliphatic hydroxyl groups is 2. The van der Waals surface area contributed by atoms with E-state index in [0.717, 1.165) is 12.1 Å². The molecule has 116 valence electrons. The highest BCUT2D eigenvalue weighted by Crippen LogP contribution is 2.27. The third-order valence-electron chi connectivity index (χ3n) is 4.02. The summed E-state index contributed by atoms with van der Waals surface area (Å²) in [6, 6.07) is 5.82. The molecule has 0 radical (unpaired) electrons. The molecule has 1 heterocycles. The average Bonchev–Trinajstić information content (AvgIpc) is 2.84. The van der Waals surface area contributed by atoms with Gasteiger partial charge in [-0.1, -0.05) is 0 Å². The Balaban J connectivity index is 2.14. The van der Waals surface area contributed by atoms with Gasteiger partial charge in [0.25, 0.3) is 0 Å². The number of anilines is 1. The molecule has 21 heavy (non-hydrogen) atoms. The van der Waals surface area contributed by atoms with E-state index in [-0.39, 0.29) is 25.0 Å². The van der Waals surface area contributed by atoms with Gasteiger partial charge in [0.05, 0.1) is 19.3 Å². The molecule has 0 fully saturated rings. The molecule has 1 aliphatic rings. The van der Waals surface area contributed by atoms with Gasteiger partial charge >= 0.3 is 0 Å². The summed E-state index contributed by atoms with van der Waals surface area (Å²) in [6.07, 6.45) is 0.932. The summed E-state index contributed by atoms with van der Waals surface area (Å²) in [5.41, 5.74) is 2.98. The minimum atomic E-state index is -0.353. The zero-order valence-corrected chi connectivity index (χ0v) is 12.7. The third kappa shape index (κ3) is 3.61. The van der Waals surface area contributed by atoms with Crippen molar-refractivity contribution in [2.24, 2.45) is 0 Å². The van der Waals surface area contributed by atoms with Crippen molar-refractivity contribution in [2.75, 3.05) is 31.6 Å². The van der Waals surface area contributed by atoms with Crippen LogP contribution in [0, 0.1) is 0 Å². The number of carbonyl (C=O) groups is 1. The van der Waals surface area contributed by atoms with Gasteiger partial charge in [-0.15, -0.1) is 0 Å². The first-order valence-corrected chi connectivity index (χ1v) is 7.46. The fourth-order valence-corrected chi connectivity index (χ4v) is 2.87. The van der Waals surface area contributed by atoms with Gasteiger partial charge in [0.15, 0.2) is 5.78 Å². The number of carbonyl (C=O) groups excluding carboxylic acids is 1. The zero-order valence-electron chi connectivity index (χ0n) is 12.7. The number of ketones is 1. The standard InChI is InChI=1S/C16H24N2O3/c1-11-9-14-10-13(3-4-15(14)17-11)16(21)12(2)18(5-7-19)6-8-20/h3-4,10-12,17,19-20H,5-9H2,1-2H3. The van der Waals surface area contributed by atoms with Gasteiger partial charge in [-0.25, -0.2) is 0 Å². The summed E-state index contributed by atoms with van der Waals surface area (Å²) in [4.78, 5) is 14.4. The van der Waals surface area contributed by atoms with Crippen LogP contribution < -0.4 is 5.32 Å². The largest absolute Gasteiger partial charge is 0.395 e. The quantitative estimate of drug-likeness (QED) is 0.651. The molecule has 0 aromatic heterocycles. The molecule has 2 atom stereocenters. The predicted octanol–water partition coefficient (Wildman–Crippen LogP) is 0.901. The van der Waals surface area contributed by atoms with E-state index in [2.05, 4.69) is 12.2 Å². The molecule has 0 spiro atoms. The monoisotopic (exact) mass is 292 g/mol. The van der Waals surface area contributed by atoms with E-state index in [1.165, 1.54) is 5.56 Å². The van der Waals surface area contributed by atoms with Gasteiger partial charge in [-0.2, -0.15) is 0 Å². The van der Waals surface area contributed by atoms with Crippen LogP contribution in [0.2, 0.25) is 0 Å². The van der Waals surface area contributed by atoms with Crippen LogP contribution in [0.15, 0.2) is 18.2 Å². The Bertz CT molecular complexity index is 498. The summed E-state index contributed by atoms with van der Waals surface area (Å²) in [5, 5.41) is 21.5. The molecule has 1 aromatic carbocycles. The van der Waals surface area contributed by atoms with Crippen molar-refractivity contribution >= 4 is 11.5 Å². The van der Waals surface area contributed by atoms with Crippen molar-refractivity contribution in [3.05, 3.63) is 29.3 Å². The van der Waals surface area contributed by atoms with Gasteiger partial charge < -0.3 is 15.5 Å². The van der Waals surface area contributed by atoms with Crippen LogP contribution in [0.5, 0.6) is 0 Å². The average molecular weight is 292 g/mol. The second kappa shape index (κ2) is 7.02. The Morgan fingerprint density at radius 2 is 2.05 bits per heavy atom. The van der Waals surface area contributed by atoms with E-state index in [0.29, 0.717) is 24.7 Å². The van der Waals surface area contributed by atoms with Crippen LogP contribution in [0.3, 0.4) is 0 Å². The number of hydrogen-bond acceptors (Lipinski definition) is 5. The molecule has 2 rings (SSSR count). The van der Waals surface area contributed by atoms with Crippen molar-refractivity contribution < 1.29 is 15.0 Å². The van der Waals surface area contributed by atoms with Crippen LogP contribution in [0.25, 0.3) is 0 Å². The summed E-state index contributed by atoms with van der Waals surface area (Å²) in [5.74, 6) is 0.0271. The van der Waals surface area contributed by atoms with E-state index < -0.39 is 0 Å². The first-order valence-electron chi connectivity index (χ1n) is 7.46. The summed E-state index contributed by atoms with van der Waals surface area (Å²) in [6.45, 7) is 4.66. The van der Waals surface area contributed by atoms with Crippen molar-refractivity contribution in [3.63, 3.8) is 0 Å². The lowest BCUT2D eigenvalue weighted by molar-refractivity contribution is 0.0769. The molecule has 0 saturated carbocycles. The van der Waals surface area contributed by atoms with Crippen LogP contribution >= 0.6 is 0 Å². The summed E-state index contributed by atoms with van der Waals surface area (Å²) >= 11 is 0. The predicted molar refractivity (Wildman–Crippen MR) is 82.8 cm³/mol.